The Labute approximate surface area is 249 Å². The Hall–Kier alpha value is -3.40. The summed E-state index contributed by atoms with van der Waals surface area (Å²) in [6, 6.07) is 7.83. The SMILES string of the molecule is C=CC1(c2nc(-c3cccc(N(CC45CCC(c6nc(C7CC7)no6)(CC4)CC5)C(=O)C45CC(F)(C4)C5)c3)no2)COC1. The van der Waals surface area contributed by atoms with E-state index in [2.05, 4.69) is 21.9 Å². The van der Waals surface area contributed by atoms with Gasteiger partial charge in [0.1, 0.15) is 11.1 Å². The number of nitrogens with zero attached hydrogens (tertiary/aromatic N) is 5. The van der Waals surface area contributed by atoms with Gasteiger partial charge in [0.05, 0.1) is 18.6 Å². The molecular weight excluding hydrogens is 549 g/mol. The summed E-state index contributed by atoms with van der Waals surface area (Å²) >= 11 is 0. The number of halogens is 1. The minimum Gasteiger partial charge on any atom is -0.378 e. The molecule has 224 valence electrons. The summed E-state index contributed by atoms with van der Waals surface area (Å²) in [5, 5.41) is 8.57. The van der Waals surface area contributed by atoms with Crippen molar-refractivity contribution in [2.45, 2.75) is 93.0 Å². The minimum atomic E-state index is -1.15. The van der Waals surface area contributed by atoms with Gasteiger partial charge in [-0.05, 0) is 88.2 Å². The lowest BCUT2D eigenvalue weighted by Crippen LogP contribution is -2.71. The summed E-state index contributed by atoms with van der Waals surface area (Å²) in [5.74, 6) is 3.18. The van der Waals surface area contributed by atoms with E-state index in [0.29, 0.717) is 56.7 Å². The van der Waals surface area contributed by atoms with Crippen LogP contribution in [0, 0.1) is 10.8 Å². The zero-order chi connectivity index (χ0) is 29.1. The van der Waals surface area contributed by atoms with Crippen LogP contribution in [0.2, 0.25) is 0 Å². The highest BCUT2D eigenvalue weighted by Crippen LogP contribution is 2.70. The van der Waals surface area contributed by atoms with Crippen LogP contribution in [-0.2, 0) is 20.4 Å². The number of aromatic nitrogens is 4. The Morgan fingerprint density at radius 2 is 1.72 bits per heavy atom. The van der Waals surface area contributed by atoms with Crippen molar-refractivity contribution >= 4 is 11.6 Å². The molecule has 0 radical (unpaired) electrons. The van der Waals surface area contributed by atoms with Crippen molar-refractivity contribution in [2.75, 3.05) is 24.7 Å². The van der Waals surface area contributed by atoms with Crippen LogP contribution >= 0.6 is 0 Å². The lowest BCUT2D eigenvalue weighted by atomic mass is 9.41. The Morgan fingerprint density at radius 3 is 2.35 bits per heavy atom. The second-order valence-corrected chi connectivity index (χ2v) is 14.7. The van der Waals surface area contributed by atoms with Crippen molar-refractivity contribution in [1.29, 1.82) is 0 Å². The van der Waals surface area contributed by atoms with Gasteiger partial charge in [-0.15, -0.1) is 6.58 Å². The van der Waals surface area contributed by atoms with Gasteiger partial charge in [0.25, 0.3) is 0 Å². The zero-order valence-electron chi connectivity index (χ0n) is 24.3. The van der Waals surface area contributed by atoms with Crippen LogP contribution in [-0.4, -0.2) is 51.6 Å². The molecule has 7 aliphatic carbocycles. The molecule has 4 bridgehead atoms. The Balaban J connectivity index is 0.996. The first-order valence-corrected chi connectivity index (χ1v) is 15.8. The van der Waals surface area contributed by atoms with Crippen molar-refractivity contribution in [3.05, 3.63) is 54.5 Å². The first-order valence-electron chi connectivity index (χ1n) is 15.8. The van der Waals surface area contributed by atoms with E-state index >= 15 is 0 Å². The molecule has 7 saturated carbocycles. The lowest BCUT2D eigenvalue weighted by molar-refractivity contribution is -0.211. The molecule has 1 amide bonds. The first-order chi connectivity index (χ1) is 20.8. The molecule has 43 heavy (non-hydrogen) atoms. The predicted octanol–water partition coefficient (Wildman–Crippen LogP) is 5.97. The van der Waals surface area contributed by atoms with Gasteiger partial charge in [0.2, 0.25) is 23.5 Å². The molecule has 3 aromatic rings. The van der Waals surface area contributed by atoms with Gasteiger partial charge >= 0.3 is 0 Å². The number of anilines is 1. The van der Waals surface area contributed by atoms with E-state index in [1.165, 1.54) is 0 Å². The number of hydrogen-bond acceptors (Lipinski definition) is 8. The second-order valence-electron chi connectivity index (χ2n) is 14.7. The Kier molecular flexibility index (Phi) is 5.22. The monoisotopic (exact) mass is 585 g/mol. The number of fused-ring (bicyclic) bond motifs is 3. The maximum Gasteiger partial charge on any atom is 0.241 e. The zero-order valence-corrected chi connectivity index (χ0v) is 24.3. The second kappa shape index (κ2) is 8.61. The number of alkyl halides is 1. The summed E-state index contributed by atoms with van der Waals surface area (Å²) in [4.78, 5) is 25.7. The van der Waals surface area contributed by atoms with Gasteiger partial charge in [0.15, 0.2) is 5.82 Å². The van der Waals surface area contributed by atoms with Crippen molar-refractivity contribution in [3.63, 3.8) is 0 Å². The fourth-order valence-corrected chi connectivity index (χ4v) is 8.58. The molecule has 1 aliphatic heterocycles. The van der Waals surface area contributed by atoms with Gasteiger partial charge in [-0.2, -0.15) is 9.97 Å². The normalized spacial score (nSPS) is 35.0. The third-order valence-electron chi connectivity index (χ3n) is 11.8. The van der Waals surface area contributed by atoms with E-state index in [-0.39, 0.29) is 16.7 Å². The van der Waals surface area contributed by atoms with Crippen LogP contribution in [0.1, 0.15) is 94.2 Å². The maximum atomic E-state index is 14.6. The van der Waals surface area contributed by atoms with Crippen LogP contribution in [0.5, 0.6) is 0 Å². The van der Waals surface area contributed by atoms with Crippen LogP contribution in [0.4, 0.5) is 10.1 Å². The molecule has 2 aromatic heterocycles. The van der Waals surface area contributed by atoms with Crippen molar-refractivity contribution in [2.24, 2.45) is 10.8 Å². The van der Waals surface area contributed by atoms with Gasteiger partial charge in [0, 0.05) is 29.1 Å². The third-order valence-corrected chi connectivity index (χ3v) is 11.8. The topological polar surface area (TPSA) is 107 Å². The molecular formula is C33H36FN5O4. The Bertz CT molecular complexity index is 1590. The molecule has 8 fully saturated rings. The molecule has 9 nitrogen and oxygen atoms in total. The van der Waals surface area contributed by atoms with Gasteiger partial charge in [-0.25, -0.2) is 4.39 Å². The largest absolute Gasteiger partial charge is 0.378 e. The van der Waals surface area contributed by atoms with E-state index in [9.17, 15) is 9.18 Å². The summed E-state index contributed by atoms with van der Waals surface area (Å²) in [5.41, 5.74) is -0.631. The fraction of sp³-hybridized carbons (Fsp3) is 0.606. The highest BCUT2D eigenvalue weighted by Gasteiger charge is 2.73. The van der Waals surface area contributed by atoms with Gasteiger partial charge in [-0.3, -0.25) is 4.79 Å². The highest BCUT2D eigenvalue weighted by atomic mass is 19.1. The standard InChI is InChI=1S/C33H36FN5O4/c1-2-30(19-41-20-30)26-36-25(38-42-26)22-4-3-5-23(14-22)39(28(40)32-15-33(34,16-32)17-32)18-29-8-11-31(12-9-29,13-10-29)27-35-24(37-43-27)21-6-7-21/h2-5,14,21H,1,6-13,15-20H2. The van der Waals surface area contributed by atoms with E-state index in [4.69, 9.17) is 18.8 Å². The quantitative estimate of drug-likeness (QED) is 0.283. The number of rotatable bonds is 9. The van der Waals surface area contributed by atoms with E-state index in [1.807, 2.05) is 29.2 Å². The molecule has 0 N–H and O–H groups in total. The molecule has 11 rings (SSSR count). The summed E-state index contributed by atoms with van der Waals surface area (Å²) in [7, 11) is 0. The molecule has 1 saturated heterocycles. The van der Waals surface area contributed by atoms with E-state index in [0.717, 1.165) is 74.3 Å². The number of benzene rings is 1. The number of carbonyl (C=O) groups is 1. The van der Waals surface area contributed by atoms with Crippen molar-refractivity contribution < 1.29 is 23.0 Å². The number of amides is 1. The van der Waals surface area contributed by atoms with Crippen molar-refractivity contribution in [3.8, 4) is 11.4 Å². The van der Waals surface area contributed by atoms with Gasteiger partial charge in [-0.1, -0.05) is 28.5 Å². The average Bonchev–Trinajstić information content (AvgIpc) is 3.48. The first kappa shape index (κ1) is 26.0. The minimum absolute atomic E-state index is 0.00354. The maximum absolute atomic E-state index is 14.6. The lowest BCUT2D eigenvalue weighted by Gasteiger charge is -2.65. The highest BCUT2D eigenvalue weighted by molar-refractivity contribution is 6.00. The number of hydrogen-bond donors (Lipinski definition) is 0. The van der Waals surface area contributed by atoms with Crippen LogP contribution < -0.4 is 4.90 Å². The summed E-state index contributed by atoms with van der Waals surface area (Å²) < 4.78 is 31.5. The Morgan fingerprint density at radius 1 is 1.00 bits per heavy atom. The van der Waals surface area contributed by atoms with Crippen LogP contribution in [0.3, 0.4) is 0 Å². The number of ether oxygens (including phenoxy) is 1. The molecule has 1 aromatic carbocycles. The summed E-state index contributed by atoms with van der Waals surface area (Å²) in [6.07, 6.45) is 11.1. The van der Waals surface area contributed by atoms with E-state index < -0.39 is 16.5 Å². The summed E-state index contributed by atoms with van der Waals surface area (Å²) in [6.45, 7) is 5.49. The van der Waals surface area contributed by atoms with Crippen molar-refractivity contribution in [1.82, 2.24) is 20.3 Å². The average molecular weight is 586 g/mol. The van der Waals surface area contributed by atoms with Crippen LogP contribution in [0.15, 0.2) is 46.0 Å². The van der Waals surface area contributed by atoms with E-state index in [1.54, 1.807) is 6.08 Å². The molecule has 0 spiro atoms. The molecule has 0 unspecified atom stereocenters. The smallest absolute Gasteiger partial charge is 0.241 e. The number of carbonyl (C=O) groups excluding carboxylic acids is 1. The van der Waals surface area contributed by atoms with Gasteiger partial charge < -0.3 is 18.7 Å². The fourth-order valence-electron chi connectivity index (χ4n) is 8.58. The molecule has 0 atom stereocenters. The van der Waals surface area contributed by atoms with Crippen LogP contribution in [0.25, 0.3) is 11.4 Å². The predicted molar refractivity (Wildman–Crippen MR) is 153 cm³/mol. The molecule has 8 aliphatic rings. The third kappa shape index (κ3) is 3.80. The molecule has 10 heteroatoms. The molecule has 3 heterocycles.